The van der Waals surface area contributed by atoms with Crippen molar-refractivity contribution in [2.75, 3.05) is 37.0 Å². The molecule has 1 aliphatic heterocycles. The molecule has 37 heavy (non-hydrogen) atoms. The number of benzene rings is 3. The van der Waals surface area contributed by atoms with Gasteiger partial charge in [0.25, 0.3) is 11.8 Å². The molecule has 0 unspecified atom stereocenters. The minimum Gasteiger partial charge on any atom is -0.452 e. The van der Waals surface area contributed by atoms with E-state index in [-0.39, 0.29) is 21.7 Å². The molecular weight excluding hydrogens is 494 g/mol. The first-order chi connectivity index (χ1) is 17.8. The number of para-hydroxylation sites is 1. The first-order valence-electron chi connectivity index (χ1n) is 11.8. The monoisotopic (exact) mass is 521 g/mol. The summed E-state index contributed by atoms with van der Waals surface area (Å²) >= 11 is 0. The van der Waals surface area contributed by atoms with E-state index in [1.807, 2.05) is 6.07 Å². The van der Waals surface area contributed by atoms with Crippen molar-refractivity contribution >= 4 is 39.2 Å². The van der Waals surface area contributed by atoms with Crippen molar-refractivity contribution in [3.8, 4) is 0 Å². The molecule has 1 saturated heterocycles. The van der Waals surface area contributed by atoms with Crippen LogP contribution in [0.2, 0.25) is 0 Å². The molecule has 9 nitrogen and oxygen atoms in total. The van der Waals surface area contributed by atoms with Gasteiger partial charge >= 0.3 is 5.97 Å². The van der Waals surface area contributed by atoms with Crippen LogP contribution in [-0.2, 0) is 19.6 Å². The van der Waals surface area contributed by atoms with Crippen LogP contribution < -0.4 is 10.2 Å². The second-order valence-corrected chi connectivity index (χ2v) is 10.4. The molecule has 10 heteroatoms. The second kappa shape index (κ2) is 11.4. The molecule has 2 amide bonds. The van der Waals surface area contributed by atoms with E-state index in [0.29, 0.717) is 18.8 Å². The molecule has 0 atom stereocenters. The first-order valence-corrected chi connectivity index (χ1v) is 13.2. The fraction of sp³-hybridized carbons (Fsp3) is 0.222. The summed E-state index contributed by atoms with van der Waals surface area (Å²) in [5.74, 6) is -1.88. The summed E-state index contributed by atoms with van der Waals surface area (Å²) in [5, 5.41) is 2.55. The number of carbonyl (C=O) groups excluding carboxylic acids is 3. The summed E-state index contributed by atoms with van der Waals surface area (Å²) in [4.78, 5) is 39.8. The first kappa shape index (κ1) is 26.1. The molecule has 1 aliphatic rings. The van der Waals surface area contributed by atoms with Gasteiger partial charge in [-0.1, -0.05) is 36.4 Å². The Bertz CT molecular complexity index is 1400. The number of nitrogens with one attached hydrogen (secondary N) is 1. The predicted octanol–water partition coefficient (Wildman–Crippen LogP) is 3.54. The van der Waals surface area contributed by atoms with E-state index in [9.17, 15) is 22.8 Å². The minimum absolute atomic E-state index is 0.0294. The molecule has 192 valence electrons. The summed E-state index contributed by atoms with van der Waals surface area (Å²) in [6.45, 7) is 0.332. The van der Waals surface area contributed by atoms with Gasteiger partial charge in [-0.2, -0.15) is 4.31 Å². The van der Waals surface area contributed by atoms with E-state index in [1.54, 1.807) is 49.5 Å². The lowest BCUT2D eigenvalue weighted by molar-refractivity contribution is -0.119. The van der Waals surface area contributed by atoms with Crippen LogP contribution in [0, 0.1) is 0 Å². The maximum atomic E-state index is 13.0. The summed E-state index contributed by atoms with van der Waals surface area (Å²) in [7, 11) is -2.04. The summed E-state index contributed by atoms with van der Waals surface area (Å²) in [6, 6.07) is 21.1. The number of rotatable bonds is 8. The number of hydrogen-bond donors (Lipinski definition) is 1. The molecule has 1 N–H and O–H groups in total. The van der Waals surface area contributed by atoms with Crippen molar-refractivity contribution in [2.24, 2.45) is 0 Å². The summed E-state index contributed by atoms with van der Waals surface area (Å²) in [5.41, 5.74) is 1.09. The molecule has 0 aliphatic carbocycles. The summed E-state index contributed by atoms with van der Waals surface area (Å²) < 4.78 is 32.2. The highest BCUT2D eigenvalue weighted by Gasteiger charge is 2.27. The molecule has 3 aromatic rings. The van der Waals surface area contributed by atoms with E-state index < -0.39 is 34.4 Å². The zero-order valence-corrected chi connectivity index (χ0v) is 21.1. The molecule has 0 saturated carbocycles. The molecule has 3 aromatic carbocycles. The number of nitrogens with zero attached hydrogens (tertiary/aromatic N) is 2. The lowest BCUT2D eigenvalue weighted by Crippen LogP contribution is -2.29. The normalized spacial score (nSPS) is 13.6. The Hall–Kier alpha value is -4.02. The smallest absolute Gasteiger partial charge is 0.339 e. The number of anilines is 2. The van der Waals surface area contributed by atoms with E-state index in [0.717, 1.165) is 12.8 Å². The van der Waals surface area contributed by atoms with Gasteiger partial charge in [0.1, 0.15) is 0 Å². The van der Waals surface area contributed by atoms with E-state index in [1.165, 1.54) is 39.5 Å². The number of sulfonamides is 1. The zero-order valence-electron chi connectivity index (χ0n) is 20.3. The third-order valence-electron chi connectivity index (χ3n) is 5.98. The quantitative estimate of drug-likeness (QED) is 0.454. The van der Waals surface area contributed by atoms with Crippen molar-refractivity contribution in [1.29, 1.82) is 0 Å². The third kappa shape index (κ3) is 6.04. The Morgan fingerprint density at radius 3 is 2.24 bits per heavy atom. The molecule has 4 rings (SSSR count). The van der Waals surface area contributed by atoms with Crippen LogP contribution >= 0.6 is 0 Å². The Morgan fingerprint density at radius 1 is 0.892 bits per heavy atom. The molecular formula is C27H27N3O6S. The van der Waals surface area contributed by atoms with Crippen molar-refractivity contribution in [2.45, 2.75) is 17.7 Å². The van der Waals surface area contributed by atoms with Crippen molar-refractivity contribution in [1.82, 2.24) is 4.31 Å². The Labute approximate surface area is 215 Å². The highest BCUT2D eigenvalue weighted by Crippen LogP contribution is 2.23. The Kier molecular flexibility index (Phi) is 8.00. The van der Waals surface area contributed by atoms with Gasteiger partial charge in [0.15, 0.2) is 6.61 Å². The molecule has 0 spiro atoms. The second-order valence-electron chi connectivity index (χ2n) is 8.51. The maximum absolute atomic E-state index is 13.0. The fourth-order valence-electron chi connectivity index (χ4n) is 4.01. The number of hydrogen-bond acceptors (Lipinski definition) is 6. The lowest BCUT2D eigenvalue weighted by atomic mass is 10.1. The van der Waals surface area contributed by atoms with Crippen LogP contribution in [0.25, 0.3) is 0 Å². The zero-order chi connectivity index (χ0) is 26.4. The number of ether oxygens (including phenoxy) is 1. The van der Waals surface area contributed by atoms with Gasteiger partial charge in [-0.25, -0.2) is 13.2 Å². The van der Waals surface area contributed by atoms with Crippen molar-refractivity contribution < 1.29 is 27.5 Å². The van der Waals surface area contributed by atoms with Crippen LogP contribution in [0.3, 0.4) is 0 Å². The molecule has 1 heterocycles. The lowest BCUT2D eigenvalue weighted by Gasteiger charge is -2.18. The van der Waals surface area contributed by atoms with Crippen LogP contribution in [0.15, 0.2) is 83.8 Å². The van der Waals surface area contributed by atoms with Gasteiger partial charge in [-0.3, -0.25) is 9.59 Å². The molecule has 0 aromatic heterocycles. The molecule has 1 fully saturated rings. The molecule has 0 bridgehead atoms. The van der Waals surface area contributed by atoms with Gasteiger partial charge < -0.3 is 15.0 Å². The van der Waals surface area contributed by atoms with Gasteiger partial charge in [-0.05, 0) is 55.3 Å². The number of amides is 2. The van der Waals surface area contributed by atoms with Crippen LogP contribution in [0.5, 0.6) is 0 Å². The SMILES string of the molecule is CN(C(=O)c1ccccc1C(=O)OCC(=O)Nc1cccc(S(=O)(=O)N2CCCC2)c1)c1ccccc1. The van der Waals surface area contributed by atoms with Crippen LogP contribution in [0.4, 0.5) is 11.4 Å². The van der Waals surface area contributed by atoms with Crippen LogP contribution in [-0.4, -0.2) is 57.3 Å². The van der Waals surface area contributed by atoms with E-state index in [2.05, 4.69) is 5.32 Å². The van der Waals surface area contributed by atoms with Gasteiger partial charge in [0.05, 0.1) is 16.0 Å². The topological polar surface area (TPSA) is 113 Å². The van der Waals surface area contributed by atoms with E-state index in [4.69, 9.17) is 4.74 Å². The predicted molar refractivity (Wildman–Crippen MR) is 139 cm³/mol. The van der Waals surface area contributed by atoms with Gasteiger partial charge in [-0.15, -0.1) is 0 Å². The summed E-state index contributed by atoms with van der Waals surface area (Å²) in [6.07, 6.45) is 1.64. The van der Waals surface area contributed by atoms with Crippen molar-refractivity contribution in [3.05, 3.63) is 90.0 Å². The van der Waals surface area contributed by atoms with E-state index >= 15 is 0 Å². The number of carbonyl (C=O) groups is 3. The van der Waals surface area contributed by atoms with Crippen molar-refractivity contribution in [3.63, 3.8) is 0 Å². The average molecular weight is 522 g/mol. The standard InChI is InChI=1S/C27H27N3O6S/c1-29(21-11-3-2-4-12-21)26(32)23-14-5-6-15-24(23)27(33)36-19-25(31)28-20-10-9-13-22(18-20)37(34,35)30-16-7-8-17-30/h2-6,9-15,18H,7-8,16-17,19H2,1H3,(H,28,31). The number of esters is 1. The highest BCUT2D eigenvalue weighted by atomic mass is 32.2. The minimum atomic E-state index is -3.64. The largest absolute Gasteiger partial charge is 0.452 e. The highest BCUT2D eigenvalue weighted by molar-refractivity contribution is 7.89. The Morgan fingerprint density at radius 2 is 1.54 bits per heavy atom. The molecule has 0 radical (unpaired) electrons. The fourth-order valence-corrected chi connectivity index (χ4v) is 5.58. The average Bonchev–Trinajstić information content (AvgIpc) is 3.48. The Balaban J connectivity index is 1.40. The van der Waals surface area contributed by atoms with Crippen LogP contribution in [0.1, 0.15) is 33.6 Å². The van der Waals surface area contributed by atoms with Gasteiger partial charge in [0, 0.05) is 31.5 Å². The third-order valence-corrected chi connectivity index (χ3v) is 7.88. The maximum Gasteiger partial charge on any atom is 0.339 e. The van der Waals surface area contributed by atoms with Gasteiger partial charge in [0.2, 0.25) is 10.0 Å².